The third kappa shape index (κ3) is 2.98. The summed E-state index contributed by atoms with van der Waals surface area (Å²) in [6.45, 7) is 2.55. The SMILES string of the molecule is C[C@H](Nc1nc(F)cc(N2CCOC2=O)n1)c1ccccc1. The summed E-state index contributed by atoms with van der Waals surface area (Å²) in [5, 5.41) is 3.04. The molecule has 0 spiro atoms. The van der Waals surface area contributed by atoms with Crippen molar-refractivity contribution < 1.29 is 13.9 Å². The first kappa shape index (κ1) is 14.2. The molecule has 0 radical (unpaired) electrons. The van der Waals surface area contributed by atoms with Crippen LogP contribution in [0, 0.1) is 5.95 Å². The highest BCUT2D eigenvalue weighted by molar-refractivity contribution is 5.88. The quantitative estimate of drug-likeness (QED) is 0.880. The molecule has 1 amide bonds. The molecule has 0 aliphatic carbocycles. The summed E-state index contributed by atoms with van der Waals surface area (Å²) in [7, 11) is 0. The predicted molar refractivity (Wildman–Crippen MR) is 79.2 cm³/mol. The lowest BCUT2D eigenvalue weighted by Gasteiger charge is -2.16. The van der Waals surface area contributed by atoms with Crippen LogP contribution >= 0.6 is 0 Å². The summed E-state index contributed by atoms with van der Waals surface area (Å²) in [5.41, 5.74) is 1.03. The number of benzene rings is 1. The third-order valence-corrected chi connectivity index (χ3v) is 3.36. The van der Waals surface area contributed by atoms with Gasteiger partial charge >= 0.3 is 6.09 Å². The van der Waals surface area contributed by atoms with Crippen LogP contribution in [0.4, 0.5) is 21.0 Å². The zero-order chi connectivity index (χ0) is 15.5. The molecule has 0 unspecified atom stereocenters. The Bertz CT molecular complexity index is 680. The molecule has 1 aliphatic rings. The van der Waals surface area contributed by atoms with E-state index in [1.54, 1.807) is 0 Å². The van der Waals surface area contributed by atoms with Gasteiger partial charge in [-0.15, -0.1) is 0 Å². The lowest BCUT2D eigenvalue weighted by atomic mass is 10.1. The van der Waals surface area contributed by atoms with E-state index in [1.807, 2.05) is 37.3 Å². The Morgan fingerprint density at radius 2 is 2.09 bits per heavy atom. The van der Waals surface area contributed by atoms with E-state index in [9.17, 15) is 9.18 Å². The molecule has 2 aromatic rings. The normalized spacial score (nSPS) is 15.5. The van der Waals surface area contributed by atoms with E-state index in [2.05, 4.69) is 15.3 Å². The standard InChI is InChI=1S/C15H15FN4O2/c1-10(11-5-3-2-4-6-11)17-14-18-12(16)9-13(19-14)20-7-8-22-15(20)21/h2-6,9-10H,7-8H2,1H3,(H,17,18,19)/t10-/m0/s1. The van der Waals surface area contributed by atoms with Crippen LogP contribution in [0.2, 0.25) is 0 Å². The maximum absolute atomic E-state index is 13.7. The third-order valence-electron chi connectivity index (χ3n) is 3.36. The molecule has 0 saturated carbocycles. The summed E-state index contributed by atoms with van der Waals surface area (Å²) in [6, 6.07) is 10.7. The lowest BCUT2D eigenvalue weighted by Crippen LogP contribution is -2.25. The van der Waals surface area contributed by atoms with Crippen LogP contribution in [0.3, 0.4) is 0 Å². The number of amides is 1. The molecule has 1 fully saturated rings. The van der Waals surface area contributed by atoms with Crippen LogP contribution in [0.25, 0.3) is 0 Å². The summed E-state index contributed by atoms with van der Waals surface area (Å²) in [5.74, 6) is -0.378. The van der Waals surface area contributed by atoms with Crippen LogP contribution in [0.15, 0.2) is 36.4 Å². The minimum absolute atomic E-state index is 0.0959. The van der Waals surface area contributed by atoms with Gasteiger partial charge < -0.3 is 10.1 Å². The Balaban J connectivity index is 1.82. The fourth-order valence-corrected chi connectivity index (χ4v) is 2.23. The molecule has 2 heterocycles. The number of nitrogens with zero attached hydrogens (tertiary/aromatic N) is 3. The zero-order valence-corrected chi connectivity index (χ0v) is 12.0. The van der Waals surface area contributed by atoms with E-state index in [0.717, 1.165) is 11.6 Å². The number of carbonyl (C=O) groups is 1. The van der Waals surface area contributed by atoms with Crippen molar-refractivity contribution in [1.29, 1.82) is 0 Å². The van der Waals surface area contributed by atoms with Gasteiger partial charge in [-0.2, -0.15) is 14.4 Å². The number of halogens is 1. The van der Waals surface area contributed by atoms with Crippen molar-refractivity contribution in [3.05, 3.63) is 47.9 Å². The molecule has 1 aliphatic heterocycles. The Hall–Kier alpha value is -2.70. The van der Waals surface area contributed by atoms with Gasteiger partial charge in [-0.25, -0.2) is 4.79 Å². The number of carbonyl (C=O) groups excluding carboxylic acids is 1. The van der Waals surface area contributed by atoms with E-state index in [1.165, 1.54) is 4.90 Å². The predicted octanol–water partition coefficient (Wildman–Crippen LogP) is 2.75. The van der Waals surface area contributed by atoms with Gasteiger partial charge in [-0.05, 0) is 12.5 Å². The van der Waals surface area contributed by atoms with Crippen LogP contribution < -0.4 is 10.2 Å². The number of hydrogen-bond acceptors (Lipinski definition) is 5. The number of hydrogen-bond donors (Lipinski definition) is 1. The maximum Gasteiger partial charge on any atom is 0.415 e. The second-order valence-corrected chi connectivity index (χ2v) is 4.92. The Kier molecular flexibility index (Phi) is 3.86. The van der Waals surface area contributed by atoms with Gasteiger partial charge in [-0.3, -0.25) is 4.90 Å². The molecule has 1 aromatic heterocycles. The maximum atomic E-state index is 13.7. The molecule has 114 valence electrons. The van der Waals surface area contributed by atoms with Crippen molar-refractivity contribution in [2.24, 2.45) is 0 Å². The number of rotatable bonds is 4. The zero-order valence-electron chi connectivity index (χ0n) is 12.0. The van der Waals surface area contributed by atoms with Gasteiger partial charge in [0.25, 0.3) is 0 Å². The molecular weight excluding hydrogens is 287 g/mol. The van der Waals surface area contributed by atoms with Crippen molar-refractivity contribution in [2.75, 3.05) is 23.4 Å². The lowest BCUT2D eigenvalue weighted by molar-refractivity contribution is 0.181. The number of cyclic esters (lactones) is 1. The summed E-state index contributed by atoms with van der Waals surface area (Å²) in [6.07, 6.45) is -0.528. The largest absolute Gasteiger partial charge is 0.447 e. The average Bonchev–Trinajstić information content (AvgIpc) is 2.94. The van der Waals surface area contributed by atoms with Gasteiger partial charge in [0, 0.05) is 6.07 Å². The van der Waals surface area contributed by atoms with E-state index < -0.39 is 12.0 Å². The van der Waals surface area contributed by atoms with E-state index in [-0.39, 0.29) is 24.4 Å². The number of ether oxygens (including phenoxy) is 1. The van der Waals surface area contributed by atoms with Crippen molar-refractivity contribution in [3.63, 3.8) is 0 Å². The van der Waals surface area contributed by atoms with Crippen LogP contribution in [0.5, 0.6) is 0 Å². The summed E-state index contributed by atoms with van der Waals surface area (Å²) < 4.78 is 18.5. The highest BCUT2D eigenvalue weighted by Gasteiger charge is 2.26. The minimum atomic E-state index is -0.701. The number of anilines is 2. The summed E-state index contributed by atoms with van der Waals surface area (Å²) >= 11 is 0. The molecule has 1 aromatic carbocycles. The second-order valence-electron chi connectivity index (χ2n) is 4.92. The van der Waals surface area contributed by atoms with Gasteiger partial charge in [0.2, 0.25) is 11.9 Å². The van der Waals surface area contributed by atoms with Crippen LogP contribution in [-0.4, -0.2) is 29.2 Å². The van der Waals surface area contributed by atoms with Crippen molar-refractivity contribution in [2.45, 2.75) is 13.0 Å². The first-order valence-corrected chi connectivity index (χ1v) is 6.94. The molecule has 7 heteroatoms. The Labute approximate surface area is 126 Å². The van der Waals surface area contributed by atoms with Crippen LogP contribution in [0.1, 0.15) is 18.5 Å². The topological polar surface area (TPSA) is 67.3 Å². The van der Waals surface area contributed by atoms with Gasteiger partial charge in [0.05, 0.1) is 12.6 Å². The van der Waals surface area contributed by atoms with E-state index in [4.69, 9.17) is 4.74 Å². The molecular formula is C15H15FN4O2. The average molecular weight is 302 g/mol. The van der Waals surface area contributed by atoms with Crippen LogP contribution in [-0.2, 0) is 4.74 Å². The van der Waals surface area contributed by atoms with Crippen molar-refractivity contribution >= 4 is 17.9 Å². The summed E-state index contributed by atoms with van der Waals surface area (Å²) in [4.78, 5) is 20.7. The molecule has 6 nitrogen and oxygen atoms in total. The fourth-order valence-electron chi connectivity index (χ4n) is 2.23. The van der Waals surface area contributed by atoms with Crippen molar-refractivity contribution in [1.82, 2.24) is 9.97 Å². The first-order valence-electron chi connectivity index (χ1n) is 6.94. The highest BCUT2D eigenvalue weighted by atomic mass is 19.1. The molecule has 22 heavy (non-hydrogen) atoms. The van der Waals surface area contributed by atoms with E-state index >= 15 is 0 Å². The fraction of sp³-hybridized carbons (Fsp3) is 0.267. The minimum Gasteiger partial charge on any atom is -0.447 e. The molecule has 1 N–H and O–H groups in total. The van der Waals surface area contributed by atoms with Crippen molar-refractivity contribution in [3.8, 4) is 0 Å². The molecule has 1 saturated heterocycles. The van der Waals surface area contributed by atoms with Gasteiger partial charge in [0.15, 0.2) is 0 Å². The monoisotopic (exact) mass is 302 g/mol. The smallest absolute Gasteiger partial charge is 0.415 e. The molecule has 3 rings (SSSR count). The van der Waals surface area contributed by atoms with E-state index in [0.29, 0.717) is 6.54 Å². The number of nitrogens with one attached hydrogen (secondary N) is 1. The second kappa shape index (κ2) is 5.97. The van der Waals surface area contributed by atoms with Gasteiger partial charge in [-0.1, -0.05) is 30.3 Å². The van der Waals surface area contributed by atoms with Gasteiger partial charge in [0.1, 0.15) is 12.4 Å². The highest BCUT2D eigenvalue weighted by Crippen LogP contribution is 2.21. The Morgan fingerprint density at radius 1 is 1.32 bits per heavy atom. The molecule has 0 bridgehead atoms. The molecule has 1 atom stereocenters. The number of aromatic nitrogens is 2. The Morgan fingerprint density at radius 3 is 2.77 bits per heavy atom. The first-order chi connectivity index (χ1) is 10.6.